The number of rotatable bonds is 6. The summed E-state index contributed by atoms with van der Waals surface area (Å²) in [6.45, 7) is 5.72. The number of aliphatic hydroxyl groups is 1. The van der Waals surface area contributed by atoms with E-state index in [1.807, 2.05) is 4.90 Å². The fourth-order valence-electron chi connectivity index (χ4n) is 7.26. The van der Waals surface area contributed by atoms with E-state index in [-0.39, 0.29) is 30.9 Å². The Balaban J connectivity index is 1.22. The molecule has 44 heavy (non-hydrogen) atoms. The number of piperidine rings is 1. The Morgan fingerprint density at radius 1 is 1.25 bits per heavy atom. The number of nitriles is 1. The van der Waals surface area contributed by atoms with Crippen molar-refractivity contribution in [1.29, 1.82) is 10.7 Å². The molecule has 3 saturated heterocycles. The number of nitrogens with two attached hydrogens (primary N) is 1. The minimum Gasteiger partial charge on any atom is -0.461 e. The number of alkyl halides is 1. The molecule has 2 aromatic heterocycles. The molecule has 1 aliphatic carbocycles. The van der Waals surface area contributed by atoms with E-state index in [1.165, 1.54) is 11.3 Å². The molecule has 0 amide bonds. The van der Waals surface area contributed by atoms with E-state index >= 15 is 0 Å². The summed E-state index contributed by atoms with van der Waals surface area (Å²) in [5, 5.41) is 29.5. The number of halogens is 1. The third-order valence-electron chi connectivity index (χ3n) is 9.46. The number of hydroxylamine groups is 1. The lowest BCUT2D eigenvalue weighted by Gasteiger charge is -2.37. The van der Waals surface area contributed by atoms with Gasteiger partial charge in [-0.1, -0.05) is 0 Å². The van der Waals surface area contributed by atoms with Gasteiger partial charge in [-0.05, 0) is 65.3 Å². The van der Waals surface area contributed by atoms with Crippen molar-refractivity contribution < 1.29 is 23.9 Å². The number of thiophene rings is 1. The zero-order valence-corrected chi connectivity index (χ0v) is 25.8. The number of fused-ring (bicyclic) bond motifs is 2. The average Bonchev–Trinajstić information content (AvgIpc) is 3.63. The second kappa shape index (κ2) is 11.4. The number of aromatic nitrogens is 3. The smallest absolute Gasteiger partial charge is 0.342 e. The third kappa shape index (κ3) is 5.54. The van der Waals surface area contributed by atoms with Crippen molar-refractivity contribution >= 4 is 34.1 Å². The highest BCUT2D eigenvalue weighted by Crippen LogP contribution is 2.46. The van der Waals surface area contributed by atoms with E-state index in [2.05, 4.69) is 31.4 Å². The van der Waals surface area contributed by atoms with Gasteiger partial charge in [0.2, 0.25) is 11.8 Å². The molecule has 0 aromatic carbocycles. The van der Waals surface area contributed by atoms with Crippen molar-refractivity contribution in [3.05, 3.63) is 21.8 Å². The SMILES string of the molecule is CC1(C(=O)ONC(=N)c2nc(OC[C@@]34CCCN3C[C@H](F)C4)nc(N3CCC[C@@](C)(O)C3)n2)CCCc2sc(N)c(C#N)c21. The quantitative estimate of drug-likeness (QED) is 0.208. The van der Waals surface area contributed by atoms with E-state index in [0.29, 0.717) is 54.9 Å². The number of nitrogens with one attached hydrogen (secondary N) is 2. The first-order valence-corrected chi connectivity index (χ1v) is 15.9. The summed E-state index contributed by atoms with van der Waals surface area (Å²) in [5.74, 6) is -0.955. The van der Waals surface area contributed by atoms with Crippen LogP contribution in [-0.2, 0) is 21.5 Å². The summed E-state index contributed by atoms with van der Waals surface area (Å²) in [6.07, 6.45) is 4.48. The monoisotopic (exact) mass is 627 g/mol. The van der Waals surface area contributed by atoms with Crippen molar-refractivity contribution in [3.63, 3.8) is 0 Å². The molecular formula is C29H38FN9O4S. The van der Waals surface area contributed by atoms with Crippen LogP contribution in [0.25, 0.3) is 0 Å². The highest BCUT2D eigenvalue weighted by atomic mass is 32.1. The van der Waals surface area contributed by atoms with E-state index in [9.17, 15) is 19.6 Å². The van der Waals surface area contributed by atoms with Gasteiger partial charge >= 0.3 is 12.0 Å². The molecule has 0 radical (unpaired) electrons. The number of hydrogen-bond acceptors (Lipinski definition) is 13. The normalized spacial score (nSPS) is 29.9. The highest BCUT2D eigenvalue weighted by Gasteiger charge is 2.49. The van der Waals surface area contributed by atoms with Gasteiger partial charge in [-0.25, -0.2) is 9.18 Å². The molecule has 0 spiro atoms. The second-order valence-electron chi connectivity index (χ2n) is 12.9. The van der Waals surface area contributed by atoms with E-state index in [4.69, 9.17) is 20.7 Å². The molecule has 5 heterocycles. The highest BCUT2D eigenvalue weighted by molar-refractivity contribution is 7.16. The molecule has 5 N–H and O–H groups in total. The van der Waals surface area contributed by atoms with Crippen LogP contribution in [-0.4, -0.2) is 86.9 Å². The fourth-order valence-corrected chi connectivity index (χ4v) is 8.45. The summed E-state index contributed by atoms with van der Waals surface area (Å²) in [5.41, 5.74) is 6.86. The molecule has 1 unspecified atom stereocenters. The Morgan fingerprint density at radius 3 is 2.82 bits per heavy atom. The Morgan fingerprint density at radius 2 is 2.05 bits per heavy atom. The van der Waals surface area contributed by atoms with Crippen LogP contribution in [0.2, 0.25) is 0 Å². The van der Waals surface area contributed by atoms with Gasteiger partial charge in [0.25, 0.3) is 0 Å². The van der Waals surface area contributed by atoms with E-state index in [1.54, 1.807) is 13.8 Å². The van der Waals surface area contributed by atoms with Crippen molar-refractivity contribution in [1.82, 2.24) is 25.3 Å². The number of ether oxygens (including phenoxy) is 1. The topological polar surface area (TPSA) is 187 Å². The maximum Gasteiger partial charge on any atom is 0.342 e. The van der Waals surface area contributed by atoms with Crippen molar-refractivity contribution in [2.24, 2.45) is 0 Å². The molecule has 236 valence electrons. The first kappa shape index (κ1) is 30.4. The standard InChI is InChI=1S/C29H38FN9O4S/c1-27(41)7-4-10-38(15-27)25-34-23(35-26(36-25)42-16-29-9-5-11-39(29)14-17(30)12-29)21(32)37-43-24(40)28(2)8-3-6-19-20(28)18(13-31)22(33)44-19/h17,41H,3-12,14-16,33H2,1-2H3,(H2,32,37)/t17-,27-,28?,29+/m1/s1. The van der Waals surface area contributed by atoms with Crippen molar-refractivity contribution in [2.75, 3.05) is 43.4 Å². The predicted molar refractivity (Wildman–Crippen MR) is 160 cm³/mol. The lowest BCUT2D eigenvalue weighted by Crippen LogP contribution is -2.47. The average molecular weight is 628 g/mol. The number of nitrogen functional groups attached to an aromatic ring is 1. The lowest BCUT2D eigenvalue weighted by molar-refractivity contribution is -0.155. The number of aryl methyl sites for hydroxylation is 1. The molecule has 3 fully saturated rings. The van der Waals surface area contributed by atoms with Crippen LogP contribution in [0.5, 0.6) is 6.01 Å². The first-order valence-electron chi connectivity index (χ1n) is 15.1. The molecule has 3 aliphatic heterocycles. The molecule has 4 atom stereocenters. The summed E-state index contributed by atoms with van der Waals surface area (Å²) in [4.78, 5) is 37.0. The molecule has 2 aromatic rings. The zero-order valence-electron chi connectivity index (χ0n) is 25.0. The summed E-state index contributed by atoms with van der Waals surface area (Å²) in [7, 11) is 0. The summed E-state index contributed by atoms with van der Waals surface area (Å²) >= 11 is 1.32. The number of carbonyl (C=O) groups is 1. The number of β-amino-alcohol motifs (C(OH)–C–C–N with tert-alkyl or cyclic N) is 1. The van der Waals surface area contributed by atoms with Crippen molar-refractivity contribution in [2.45, 2.75) is 87.9 Å². The van der Waals surface area contributed by atoms with Gasteiger partial charge in [-0.15, -0.1) is 11.3 Å². The van der Waals surface area contributed by atoms with Crippen LogP contribution in [0, 0.1) is 16.7 Å². The van der Waals surface area contributed by atoms with E-state index < -0.39 is 34.5 Å². The van der Waals surface area contributed by atoms with Gasteiger partial charge in [0.1, 0.15) is 23.8 Å². The van der Waals surface area contributed by atoms with Gasteiger partial charge in [0.15, 0.2) is 5.84 Å². The van der Waals surface area contributed by atoms with Crippen LogP contribution < -0.4 is 20.9 Å². The fraction of sp³-hybridized carbons (Fsp3) is 0.655. The minimum absolute atomic E-state index is 0.0343. The Hall–Kier alpha value is -3.61. The molecule has 4 aliphatic rings. The summed E-state index contributed by atoms with van der Waals surface area (Å²) in [6, 6.07) is 2.09. The van der Waals surface area contributed by atoms with Crippen LogP contribution in [0.3, 0.4) is 0 Å². The van der Waals surface area contributed by atoms with Gasteiger partial charge < -0.3 is 25.3 Å². The summed E-state index contributed by atoms with van der Waals surface area (Å²) < 4.78 is 20.4. The number of amidine groups is 1. The van der Waals surface area contributed by atoms with Gasteiger partial charge in [0, 0.05) is 36.5 Å². The van der Waals surface area contributed by atoms with Gasteiger partial charge in [0.05, 0.1) is 22.1 Å². The Bertz CT molecular complexity index is 1510. The number of carbonyl (C=O) groups excluding carboxylic acids is 1. The van der Waals surface area contributed by atoms with Crippen LogP contribution in [0.15, 0.2) is 0 Å². The zero-order chi connectivity index (χ0) is 31.3. The predicted octanol–water partition coefficient (Wildman–Crippen LogP) is 2.36. The van der Waals surface area contributed by atoms with Gasteiger partial charge in [-0.3, -0.25) is 10.3 Å². The molecule has 0 saturated carbocycles. The Labute approximate surface area is 259 Å². The van der Waals surface area contributed by atoms with Crippen LogP contribution in [0.1, 0.15) is 80.6 Å². The van der Waals surface area contributed by atoms with Gasteiger partial charge in [-0.2, -0.15) is 25.7 Å². The molecule has 0 bridgehead atoms. The Kier molecular flexibility index (Phi) is 7.87. The van der Waals surface area contributed by atoms with Crippen LogP contribution in [0.4, 0.5) is 15.3 Å². The number of anilines is 2. The molecular weight excluding hydrogens is 589 g/mol. The third-order valence-corrected chi connectivity index (χ3v) is 10.5. The number of hydrogen-bond donors (Lipinski definition) is 4. The molecule has 6 rings (SSSR count). The lowest BCUT2D eigenvalue weighted by atomic mass is 9.72. The number of nitrogens with zero attached hydrogens (tertiary/aromatic N) is 6. The van der Waals surface area contributed by atoms with Crippen LogP contribution >= 0.6 is 11.3 Å². The van der Waals surface area contributed by atoms with Crippen molar-refractivity contribution in [3.8, 4) is 12.1 Å². The second-order valence-corrected chi connectivity index (χ2v) is 14.1. The largest absolute Gasteiger partial charge is 0.461 e. The first-order chi connectivity index (χ1) is 20.9. The maximum absolute atomic E-state index is 14.3. The molecule has 13 nitrogen and oxygen atoms in total. The minimum atomic E-state index is -1.13. The van der Waals surface area contributed by atoms with E-state index in [0.717, 1.165) is 37.1 Å². The maximum atomic E-state index is 14.3. The molecule has 15 heteroatoms.